The first kappa shape index (κ1) is 9.89. The minimum absolute atomic E-state index is 0.628. The van der Waals surface area contributed by atoms with Crippen molar-refractivity contribution in [3.63, 3.8) is 0 Å². The molecule has 6 heteroatoms. The van der Waals surface area contributed by atoms with Crippen molar-refractivity contribution in [3.8, 4) is 0 Å². The van der Waals surface area contributed by atoms with E-state index in [0.29, 0.717) is 0 Å². The van der Waals surface area contributed by atoms with Crippen LogP contribution in [0.5, 0.6) is 0 Å². The van der Waals surface area contributed by atoms with Gasteiger partial charge in [0, 0.05) is 6.08 Å². The molecule has 0 aliphatic carbocycles. The molecule has 58 valence electrons. The first-order chi connectivity index (χ1) is 4.45. The van der Waals surface area contributed by atoms with Crippen molar-refractivity contribution in [2.75, 3.05) is 6.26 Å². The van der Waals surface area contributed by atoms with Crippen LogP contribution in [0.25, 0.3) is 0 Å². The highest BCUT2D eigenvalue weighted by Crippen LogP contribution is 1.84. The van der Waals surface area contributed by atoms with Crippen LogP contribution in [0.3, 0.4) is 0 Å². The summed E-state index contributed by atoms with van der Waals surface area (Å²) < 4.78 is 23.9. The molecule has 0 aromatic heterocycles. The van der Waals surface area contributed by atoms with Crippen LogP contribution < -0.4 is 4.72 Å². The number of hydrogen-bond donors (Lipinski definition) is 1. The second kappa shape index (κ2) is 3.91. The fourth-order valence-corrected chi connectivity index (χ4v) is 1.03. The fraction of sp³-hybridized carbons (Fsp3) is 0.250. The van der Waals surface area contributed by atoms with Gasteiger partial charge in [-0.15, -0.1) is 0 Å². The Hall–Kier alpha value is -0.110. The lowest BCUT2D eigenvalue weighted by atomic mass is 10.6. The molecule has 0 rings (SSSR count). The number of nitrogens with one attached hydrogen (secondary N) is 1. The Bertz CT molecular complexity index is 243. The van der Waals surface area contributed by atoms with E-state index in [1.165, 1.54) is 4.08 Å². The molecule has 0 aromatic carbocycles. The van der Waals surface area contributed by atoms with Crippen LogP contribution >= 0.6 is 22.6 Å². The minimum Gasteiger partial charge on any atom is -0.269 e. The summed E-state index contributed by atoms with van der Waals surface area (Å²) in [5.41, 5.74) is 0. The largest absolute Gasteiger partial charge is 0.269 e. The predicted molar refractivity (Wildman–Crippen MR) is 46.1 cm³/mol. The molecule has 0 aliphatic rings. The summed E-state index contributed by atoms with van der Waals surface area (Å²) >= 11 is 1.82. The molecule has 0 aromatic rings. The lowest BCUT2D eigenvalue weighted by molar-refractivity contribution is -0.114. The van der Waals surface area contributed by atoms with Crippen LogP contribution in [-0.2, 0) is 14.8 Å². The zero-order valence-electron chi connectivity index (χ0n) is 5.17. The molecule has 0 atom stereocenters. The summed E-state index contributed by atoms with van der Waals surface area (Å²) in [4.78, 5) is 10.5. The molecule has 1 N–H and O–H groups in total. The van der Waals surface area contributed by atoms with E-state index in [1.54, 1.807) is 4.72 Å². The fourth-order valence-electron chi connectivity index (χ4n) is 0.274. The van der Waals surface area contributed by atoms with Crippen molar-refractivity contribution in [2.45, 2.75) is 0 Å². The molecule has 0 unspecified atom stereocenters. The Morgan fingerprint density at radius 2 is 2.10 bits per heavy atom. The van der Waals surface area contributed by atoms with Crippen LogP contribution in [0.4, 0.5) is 0 Å². The smallest absolute Gasteiger partial charge is 0.257 e. The first-order valence-corrected chi connectivity index (χ1v) is 5.38. The van der Waals surface area contributed by atoms with Crippen LogP contribution in [0, 0.1) is 0 Å². The van der Waals surface area contributed by atoms with Gasteiger partial charge in [-0.2, -0.15) is 0 Å². The van der Waals surface area contributed by atoms with Gasteiger partial charge in [-0.1, -0.05) is 22.6 Å². The van der Waals surface area contributed by atoms with E-state index in [0.717, 1.165) is 12.3 Å². The Labute approximate surface area is 72.9 Å². The van der Waals surface area contributed by atoms with E-state index in [-0.39, 0.29) is 0 Å². The normalized spacial score (nSPS) is 11.8. The highest BCUT2D eigenvalue weighted by Gasteiger charge is 2.02. The van der Waals surface area contributed by atoms with Crippen LogP contribution in [-0.4, -0.2) is 20.6 Å². The average molecular weight is 275 g/mol. The summed E-state index contributed by atoms with van der Waals surface area (Å²) in [5.74, 6) is -0.628. The zero-order chi connectivity index (χ0) is 8.20. The molecular weight excluding hydrogens is 269 g/mol. The SMILES string of the molecule is CS(=O)(=O)NC(=O)/C=C/I. The van der Waals surface area contributed by atoms with Crippen molar-refractivity contribution in [3.05, 3.63) is 10.2 Å². The van der Waals surface area contributed by atoms with Crippen LogP contribution in [0.15, 0.2) is 10.2 Å². The zero-order valence-corrected chi connectivity index (χ0v) is 8.14. The Morgan fingerprint density at radius 3 is 2.40 bits per heavy atom. The summed E-state index contributed by atoms with van der Waals surface area (Å²) in [6.45, 7) is 0. The number of rotatable bonds is 2. The van der Waals surface area contributed by atoms with Crippen molar-refractivity contribution in [1.82, 2.24) is 4.72 Å². The standard InChI is InChI=1S/C4H6INO3S/c1-10(8,9)6-4(7)2-3-5/h2-3H,1H3,(H,6,7)/b3-2+. The van der Waals surface area contributed by atoms with Gasteiger partial charge in [0.2, 0.25) is 10.0 Å². The third kappa shape index (κ3) is 6.02. The number of carbonyl (C=O) groups excluding carboxylic acids is 1. The average Bonchev–Trinajstić information content (AvgIpc) is 1.59. The Kier molecular flexibility index (Phi) is 3.87. The third-order valence-corrected chi connectivity index (χ3v) is 1.43. The molecule has 4 nitrogen and oxygen atoms in total. The van der Waals surface area contributed by atoms with E-state index in [2.05, 4.69) is 0 Å². The van der Waals surface area contributed by atoms with Gasteiger partial charge < -0.3 is 0 Å². The summed E-state index contributed by atoms with van der Waals surface area (Å²) in [7, 11) is -3.40. The first-order valence-electron chi connectivity index (χ1n) is 2.24. The van der Waals surface area contributed by atoms with Crippen molar-refractivity contribution in [2.24, 2.45) is 0 Å². The minimum atomic E-state index is -3.40. The maximum atomic E-state index is 10.5. The number of hydrogen-bond acceptors (Lipinski definition) is 3. The maximum absolute atomic E-state index is 10.5. The van der Waals surface area contributed by atoms with Crippen LogP contribution in [0.2, 0.25) is 0 Å². The Morgan fingerprint density at radius 1 is 1.60 bits per heavy atom. The van der Waals surface area contributed by atoms with Gasteiger partial charge in [-0.3, -0.25) is 4.79 Å². The molecule has 1 amide bonds. The van der Waals surface area contributed by atoms with Gasteiger partial charge in [-0.05, 0) is 4.08 Å². The van der Waals surface area contributed by atoms with E-state index in [9.17, 15) is 13.2 Å². The molecule has 0 saturated carbocycles. The number of carbonyl (C=O) groups is 1. The van der Waals surface area contributed by atoms with Crippen molar-refractivity contribution >= 4 is 38.5 Å². The van der Waals surface area contributed by atoms with Gasteiger partial charge >= 0.3 is 0 Å². The summed E-state index contributed by atoms with van der Waals surface area (Å²) in [6.07, 6.45) is 2.05. The van der Waals surface area contributed by atoms with Gasteiger partial charge in [0.1, 0.15) is 0 Å². The molecule has 0 radical (unpaired) electrons. The molecule has 0 saturated heterocycles. The maximum Gasteiger partial charge on any atom is 0.257 e. The van der Waals surface area contributed by atoms with E-state index in [4.69, 9.17) is 0 Å². The monoisotopic (exact) mass is 275 g/mol. The summed E-state index contributed by atoms with van der Waals surface area (Å²) in [5, 5.41) is 0. The highest BCUT2D eigenvalue weighted by molar-refractivity contribution is 14.1. The lowest BCUT2D eigenvalue weighted by Crippen LogP contribution is -2.27. The van der Waals surface area contributed by atoms with Crippen molar-refractivity contribution < 1.29 is 13.2 Å². The van der Waals surface area contributed by atoms with E-state index in [1.807, 2.05) is 22.6 Å². The molecule has 0 heterocycles. The second-order valence-corrected chi connectivity index (χ2v) is 4.00. The molecule has 0 bridgehead atoms. The number of sulfonamides is 1. The molecule has 10 heavy (non-hydrogen) atoms. The molecular formula is C4H6INO3S. The highest BCUT2D eigenvalue weighted by atomic mass is 127. The molecule has 0 aliphatic heterocycles. The van der Waals surface area contributed by atoms with Gasteiger partial charge in [0.25, 0.3) is 5.91 Å². The third-order valence-electron chi connectivity index (χ3n) is 0.500. The predicted octanol–water partition coefficient (Wildman–Crippen LogP) is 0.0109. The van der Waals surface area contributed by atoms with Crippen molar-refractivity contribution in [1.29, 1.82) is 0 Å². The molecule has 0 spiro atoms. The van der Waals surface area contributed by atoms with Gasteiger partial charge in [-0.25, -0.2) is 13.1 Å². The quantitative estimate of drug-likeness (QED) is 0.570. The van der Waals surface area contributed by atoms with E-state index < -0.39 is 15.9 Å². The van der Waals surface area contributed by atoms with Crippen LogP contribution in [0.1, 0.15) is 0 Å². The van der Waals surface area contributed by atoms with E-state index >= 15 is 0 Å². The topological polar surface area (TPSA) is 63.2 Å². The number of amides is 1. The number of halogens is 1. The second-order valence-electron chi connectivity index (χ2n) is 1.53. The Balaban J connectivity index is 4.07. The summed E-state index contributed by atoms with van der Waals surface area (Å²) in [6, 6.07) is 0. The molecule has 0 fully saturated rings. The van der Waals surface area contributed by atoms with Gasteiger partial charge in [0.05, 0.1) is 6.26 Å². The van der Waals surface area contributed by atoms with Gasteiger partial charge in [0.15, 0.2) is 0 Å². The lowest BCUT2D eigenvalue weighted by Gasteiger charge is -1.94.